The van der Waals surface area contributed by atoms with E-state index in [4.69, 9.17) is 0 Å². The number of hydrogen-bond donors (Lipinski definition) is 1. The molecule has 3 nitrogen and oxygen atoms in total. The Bertz CT molecular complexity index is 576. The second-order valence-electron chi connectivity index (χ2n) is 6.62. The van der Waals surface area contributed by atoms with Crippen LogP contribution >= 0.6 is 15.9 Å². The number of amides is 2. The first kappa shape index (κ1) is 14.8. The third-order valence-corrected chi connectivity index (χ3v) is 5.60. The van der Waals surface area contributed by atoms with Crippen LogP contribution in [0.2, 0.25) is 0 Å². The minimum Gasteiger partial charge on any atom is -0.296 e. The molecule has 1 saturated carbocycles. The first-order valence-corrected chi connectivity index (χ1v) is 8.39. The Balaban J connectivity index is 2.01. The lowest BCUT2D eigenvalue weighted by Gasteiger charge is -2.46. The van der Waals surface area contributed by atoms with Gasteiger partial charge in [0.25, 0.3) is 0 Å². The van der Waals surface area contributed by atoms with Gasteiger partial charge in [0.2, 0.25) is 11.8 Å². The Hall–Kier alpha value is -1.16. The van der Waals surface area contributed by atoms with Crippen LogP contribution in [0.15, 0.2) is 28.7 Å². The van der Waals surface area contributed by atoms with E-state index < -0.39 is 0 Å². The van der Waals surface area contributed by atoms with Crippen molar-refractivity contribution >= 4 is 27.7 Å². The van der Waals surface area contributed by atoms with Gasteiger partial charge in [0.05, 0.1) is 5.92 Å². The van der Waals surface area contributed by atoms with Crippen molar-refractivity contribution in [3.05, 3.63) is 34.3 Å². The highest BCUT2D eigenvalue weighted by molar-refractivity contribution is 9.10. The molecule has 0 radical (unpaired) electrons. The average Bonchev–Trinajstić information content (AvgIpc) is 2.41. The van der Waals surface area contributed by atoms with Gasteiger partial charge in [0.15, 0.2) is 0 Å². The Morgan fingerprint density at radius 3 is 2.62 bits per heavy atom. The van der Waals surface area contributed by atoms with E-state index in [1.807, 2.05) is 24.3 Å². The number of carbonyl (C=O) groups excluding carboxylic acids is 2. The van der Waals surface area contributed by atoms with Crippen molar-refractivity contribution < 1.29 is 9.59 Å². The normalized spacial score (nSPS) is 33.0. The molecule has 1 aromatic rings. The van der Waals surface area contributed by atoms with Crippen LogP contribution in [-0.4, -0.2) is 11.8 Å². The number of carbonyl (C=O) groups is 2. The lowest BCUT2D eigenvalue weighted by atomic mass is 9.59. The summed E-state index contributed by atoms with van der Waals surface area (Å²) in [6.45, 7) is 2.26. The molecular weight excluding hydrogens is 330 g/mol. The van der Waals surface area contributed by atoms with Crippen molar-refractivity contribution in [2.45, 2.75) is 44.9 Å². The first-order valence-electron chi connectivity index (χ1n) is 7.59. The minimum absolute atomic E-state index is 0.110. The number of piperidine rings is 1. The molecule has 2 aliphatic rings. The quantitative estimate of drug-likeness (QED) is 0.784. The van der Waals surface area contributed by atoms with E-state index in [2.05, 4.69) is 28.2 Å². The van der Waals surface area contributed by atoms with Crippen LogP contribution in [0.25, 0.3) is 0 Å². The molecule has 1 unspecified atom stereocenters. The SMILES string of the molecule is CC1CCC2(CC1)CC(=O)NC(=O)C2c1cccc(Br)c1. The van der Waals surface area contributed by atoms with E-state index in [-0.39, 0.29) is 23.1 Å². The fraction of sp³-hybridized carbons (Fsp3) is 0.529. The predicted octanol–water partition coefficient (Wildman–Crippen LogP) is 3.78. The van der Waals surface area contributed by atoms with Crippen molar-refractivity contribution in [3.63, 3.8) is 0 Å². The summed E-state index contributed by atoms with van der Waals surface area (Å²) in [5.41, 5.74) is 0.830. The van der Waals surface area contributed by atoms with Gasteiger partial charge in [0, 0.05) is 10.9 Å². The van der Waals surface area contributed by atoms with Gasteiger partial charge in [-0.2, -0.15) is 0 Å². The summed E-state index contributed by atoms with van der Waals surface area (Å²) in [6.07, 6.45) is 4.60. The second-order valence-corrected chi connectivity index (χ2v) is 7.54. The number of nitrogens with one attached hydrogen (secondary N) is 1. The summed E-state index contributed by atoms with van der Waals surface area (Å²) in [4.78, 5) is 24.5. The third-order valence-electron chi connectivity index (χ3n) is 5.10. The van der Waals surface area contributed by atoms with Gasteiger partial charge >= 0.3 is 0 Å². The van der Waals surface area contributed by atoms with Gasteiger partial charge in [0.1, 0.15) is 0 Å². The first-order chi connectivity index (χ1) is 10.00. The molecule has 21 heavy (non-hydrogen) atoms. The van der Waals surface area contributed by atoms with E-state index >= 15 is 0 Å². The molecule has 1 heterocycles. The molecule has 1 aromatic carbocycles. The zero-order valence-electron chi connectivity index (χ0n) is 12.2. The highest BCUT2D eigenvalue weighted by Gasteiger charge is 2.50. The molecule has 112 valence electrons. The monoisotopic (exact) mass is 349 g/mol. The van der Waals surface area contributed by atoms with Gasteiger partial charge in [-0.25, -0.2) is 0 Å². The Morgan fingerprint density at radius 1 is 1.24 bits per heavy atom. The molecule has 0 bridgehead atoms. The molecule has 1 atom stereocenters. The van der Waals surface area contributed by atoms with Gasteiger partial charge in [-0.05, 0) is 41.9 Å². The van der Waals surface area contributed by atoms with Crippen molar-refractivity contribution in [2.75, 3.05) is 0 Å². The summed E-state index contributed by atoms with van der Waals surface area (Å²) in [5.74, 6) is 0.249. The maximum atomic E-state index is 12.5. The molecule has 4 heteroatoms. The standard InChI is InChI=1S/C17H20BrNO2/c1-11-5-7-17(8-6-11)10-14(20)19-16(21)15(17)12-3-2-4-13(18)9-12/h2-4,9,11,15H,5-8,10H2,1H3,(H,19,20,21). The largest absolute Gasteiger partial charge is 0.296 e. The van der Waals surface area contributed by atoms with E-state index in [0.29, 0.717) is 12.3 Å². The fourth-order valence-corrected chi connectivity index (χ4v) is 4.36. The van der Waals surface area contributed by atoms with Crippen molar-refractivity contribution in [1.82, 2.24) is 5.32 Å². The van der Waals surface area contributed by atoms with Gasteiger partial charge in [-0.3, -0.25) is 14.9 Å². The topological polar surface area (TPSA) is 46.2 Å². The summed E-state index contributed by atoms with van der Waals surface area (Å²) in [7, 11) is 0. The lowest BCUT2D eigenvalue weighted by molar-refractivity contribution is -0.141. The van der Waals surface area contributed by atoms with Crippen molar-refractivity contribution in [1.29, 1.82) is 0 Å². The van der Waals surface area contributed by atoms with Crippen LogP contribution in [0.1, 0.15) is 50.5 Å². The Morgan fingerprint density at radius 2 is 1.95 bits per heavy atom. The molecule has 1 saturated heterocycles. The highest BCUT2D eigenvalue weighted by atomic mass is 79.9. The third kappa shape index (κ3) is 2.78. The second kappa shape index (κ2) is 5.56. The smallest absolute Gasteiger partial charge is 0.234 e. The zero-order valence-corrected chi connectivity index (χ0v) is 13.8. The number of rotatable bonds is 1. The van der Waals surface area contributed by atoms with Gasteiger partial charge in [-0.1, -0.05) is 47.8 Å². The van der Waals surface area contributed by atoms with Crippen LogP contribution in [0, 0.1) is 11.3 Å². The summed E-state index contributed by atoms with van der Waals surface area (Å²) in [6, 6.07) is 7.94. The average molecular weight is 350 g/mol. The number of imide groups is 1. The van der Waals surface area contributed by atoms with Crippen LogP contribution in [-0.2, 0) is 9.59 Å². The number of hydrogen-bond acceptors (Lipinski definition) is 2. The maximum Gasteiger partial charge on any atom is 0.234 e. The van der Waals surface area contributed by atoms with Gasteiger partial charge < -0.3 is 0 Å². The lowest BCUT2D eigenvalue weighted by Crippen LogP contribution is -2.51. The van der Waals surface area contributed by atoms with Crippen LogP contribution in [0.4, 0.5) is 0 Å². The van der Waals surface area contributed by atoms with Gasteiger partial charge in [-0.15, -0.1) is 0 Å². The molecule has 2 amide bonds. The van der Waals surface area contributed by atoms with Crippen molar-refractivity contribution in [3.8, 4) is 0 Å². The number of benzene rings is 1. The van der Waals surface area contributed by atoms with E-state index in [0.717, 1.165) is 35.7 Å². The Labute approximate surface area is 133 Å². The fourth-order valence-electron chi connectivity index (χ4n) is 3.95. The summed E-state index contributed by atoms with van der Waals surface area (Å²) < 4.78 is 0.976. The predicted molar refractivity (Wildman–Crippen MR) is 84.7 cm³/mol. The molecule has 2 fully saturated rings. The Kier molecular flexibility index (Phi) is 3.91. The van der Waals surface area contributed by atoms with Crippen LogP contribution < -0.4 is 5.32 Å². The van der Waals surface area contributed by atoms with E-state index in [1.165, 1.54) is 0 Å². The van der Waals surface area contributed by atoms with Crippen molar-refractivity contribution in [2.24, 2.45) is 11.3 Å². The molecule has 1 N–H and O–H groups in total. The molecule has 1 spiro atoms. The molecular formula is C17H20BrNO2. The molecule has 3 rings (SSSR count). The molecule has 1 aliphatic carbocycles. The van der Waals surface area contributed by atoms with Crippen LogP contribution in [0.3, 0.4) is 0 Å². The van der Waals surface area contributed by atoms with Crippen LogP contribution in [0.5, 0.6) is 0 Å². The highest BCUT2D eigenvalue weighted by Crippen LogP contribution is 2.52. The zero-order chi connectivity index (χ0) is 15.0. The minimum atomic E-state index is -0.208. The molecule has 0 aromatic heterocycles. The number of halogens is 1. The van der Waals surface area contributed by atoms with E-state index in [1.54, 1.807) is 0 Å². The summed E-state index contributed by atoms with van der Waals surface area (Å²) >= 11 is 3.48. The maximum absolute atomic E-state index is 12.5. The van der Waals surface area contributed by atoms with E-state index in [9.17, 15) is 9.59 Å². The molecule has 1 aliphatic heterocycles. The summed E-state index contributed by atoms with van der Waals surface area (Å²) in [5, 5.41) is 2.54.